The molecule has 2 nitrogen and oxygen atoms in total. The van der Waals surface area contributed by atoms with Gasteiger partial charge in [-0.2, -0.15) is 0 Å². The zero-order valence-corrected chi connectivity index (χ0v) is 6.99. The van der Waals surface area contributed by atoms with E-state index in [1.165, 1.54) is 6.92 Å². The summed E-state index contributed by atoms with van der Waals surface area (Å²) in [4.78, 5) is 9.82. The molecule has 0 spiro atoms. The van der Waals surface area contributed by atoms with Crippen molar-refractivity contribution < 1.29 is 45.4 Å². The molecule has 4 heteroatoms. The van der Waals surface area contributed by atoms with Gasteiger partial charge in [0.1, 0.15) is 0 Å². The number of hydrogen-bond acceptors (Lipinski definition) is 2. The molecule has 0 aromatic rings. The predicted octanol–water partition coefficient (Wildman–Crippen LogP) is -5.42. The summed E-state index contributed by atoms with van der Waals surface area (Å²) in [7, 11) is 0. The van der Waals surface area contributed by atoms with E-state index in [0.717, 1.165) is 0 Å². The Bertz CT molecular complexity index is 58.0. The smallest absolute Gasteiger partial charge is 1.00 e. The Morgan fingerprint density at radius 1 is 1.62 bits per heavy atom. The number of ether oxygens (including phenoxy) is 1. The van der Waals surface area contributed by atoms with Gasteiger partial charge >= 0.3 is 24.8 Å². The summed E-state index contributed by atoms with van der Waals surface area (Å²) in [5.74, 6) is -0.211. The van der Waals surface area contributed by atoms with Crippen molar-refractivity contribution in [3.8, 4) is 0 Å². The average Bonchev–Trinajstić information content (AvgIpc) is 1.35. The van der Waals surface area contributed by atoms with Crippen molar-refractivity contribution in [2.24, 2.45) is 0 Å². The SMILES string of the molecule is CCOC(C)=O.[Br-].[Li+]. The summed E-state index contributed by atoms with van der Waals surface area (Å²) in [5, 5.41) is 0. The predicted molar refractivity (Wildman–Crippen MR) is 22.3 cm³/mol. The Hall–Kier alpha value is 0.547. The fourth-order valence-corrected chi connectivity index (χ4v) is 0.203. The van der Waals surface area contributed by atoms with E-state index in [9.17, 15) is 4.79 Å². The second-order valence-electron chi connectivity index (χ2n) is 0.925. The summed E-state index contributed by atoms with van der Waals surface area (Å²) < 4.78 is 4.40. The Kier molecular flexibility index (Phi) is 20.8. The molecule has 0 N–H and O–H groups in total. The third-order valence-corrected chi connectivity index (χ3v) is 0.348. The van der Waals surface area contributed by atoms with E-state index in [0.29, 0.717) is 6.61 Å². The molecule has 0 saturated heterocycles. The second kappa shape index (κ2) is 10.5. The van der Waals surface area contributed by atoms with Crippen molar-refractivity contribution in [2.45, 2.75) is 13.8 Å². The monoisotopic (exact) mass is 174 g/mol. The van der Waals surface area contributed by atoms with E-state index in [2.05, 4.69) is 4.74 Å². The molecule has 0 aromatic carbocycles. The first-order valence-corrected chi connectivity index (χ1v) is 1.90. The first kappa shape index (κ1) is 15.8. The molecule has 0 aliphatic carbocycles. The van der Waals surface area contributed by atoms with Crippen molar-refractivity contribution in [2.75, 3.05) is 6.61 Å². The Morgan fingerprint density at radius 2 is 2.00 bits per heavy atom. The van der Waals surface area contributed by atoms with Gasteiger partial charge in [0.2, 0.25) is 0 Å². The minimum atomic E-state index is -0.211. The molecule has 0 unspecified atom stereocenters. The van der Waals surface area contributed by atoms with Crippen LogP contribution in [0, 0.1) is 0 Å². The fourth-order valence-electron chi connectivity index (χ4n) is 0.203. The van der Waals surface area contributed by atoms with Crippen LogP contribution in [-0.4, -0.2) is 12.6 Å². The molecule has 0 atom stereocenters. The summed E-state index contributed by atoms with van der Waals surface area (Å²) in [5.41, 5.74) is 0. The molecule has 0 aromatic heterocycles. The molecule has 0 saturated carbocycles. The van der Waals surface area contributed by atoms with E-state index >= 15 is 0 Å². The molecular weight excluding hydrogens is 167 g/mol. The molecule has 0 aliphatic heterocycles. The van der Waals surface area contributed by atoms with E-state index in [-0.39, 0.29) is 41.8 Å². The van der Waals surface area contributed by atoms with Crippen molar-refractivity contribution in [1.82, 2.24) is 0 Å². The molecule has 0 radical (unpaired) electrons. The molecule has 0 rings (SSSR count). The second-order valence-corrected chi connectivity index (χ2v) is 0.925. The average molecular weight is 175 g/mol. The standard InChI is InChI=1S/C4H8O2.BrH.Li/c1-3-6-4(2)5;;/h3H2,1-2H3;1H;/q;;+1/p-1. The first-order chi connectivity index (χ1) is 2.77. The number of rotatable bonds is 1. The summed E-state index contributed by atoms with van der Waals surface area (Å²) in [6.45, 7) is 3.65. The third kappa shape index (κ3) is 16.0. The van der Waals surface area contributed by atoms with Gasteiger partial charge < -0.3 is 21.7 Å². The first-order valence-electron chi connectivity index (χ1n) is 1.90. The van der Waals surface area contributed by atoms with Crippen LogP contribution in [0.3, 0.4) is 0 Å². The van der Waals surface area contributed by atoms with E-state index in [1.807, 2.05) is 0 Å². The molecule has 0 bridgehead atoms. The van der Waals surface area contributed by atoms with Crippen molar-refractivity contribution in [1.29, 1.82) is 0 Å². The fraction of sp³-hybridized carbons (Fsp3) is 0.750. The number of esters is 1. The van der Waals surface area contributed by atoms with E-state index < -0.39 is 0 Å². The van der Waals surface area contributed by atoms with E-state index in [1.54, 1.807) is 6.92 Å². The van der Waals surface area contributed by atoms with Crippen LogP contribution >= 0.6 is 0 Å². The zero-order valence-electron chi connectivity index (χ0n) is 5.40. The quantitative estimate of drug-likeness (QED) is 0.293. The summed E-state index contributed by atoms with van der Waals surface area (Å²) in [6, 6.07) is 0. The molecular formula is C4H8BrLiO2. The molecule has 0 heterocycles. The molecule has 0 aliphatic rings. The Morgan fingerprint density at radius 3 is 2.00 bits per heavy atom. The van der Waals surface area contributed by atoms with Crippen LogP contribution in [0.25, 0.3) is 0 Å². The maximum atomic E-state index is 9.82. The van der Waals surface area contributed by atoms with Crippen LogP contribution in [0.5, 0.6) is 0 Å². The number of hydrogen-bond donors (Lipinski definition) is 0. The minimum Gasteiger partial charge on any atom is -1.00 e. The molecule has 0 fully saturated rings. The van der Waals surface area contributed by atoms with Crippen LogP contribution in [0.2, 0.25) is 0 Å². The van der Waals surface area contributed by atoms with Gasteiger partial charge in [-0.1, -0.05) is 0 Å². The van der Waals surface area contributed by atoms with Gasteiger partial charge in [0.05, 0.1) is 6.61 Å². The minimum absolute atomic E-state index is 0. The van der Waals surface area contributed by atoms with Crippen molar-refractivity contribution in [3.63, 3.8) is 0 Å². The third-order valence-electron chi connectivity index (χ3n) is 0.348. The van der Waals surface area contributed by atoms with Gasteiger partial charge in [0.15, 0.2) is 0 Å². The molecule has 0 amide bonds. The number of halogens is 1. The maximum Gasteiger partial charge on any atom is 1.00 e. The number of carbonyl (C=O) groups excluding carboxylic acids is 1. The largest absolute Gasteiger partial charge is 1.00 e. The van der Waals surface area contributed by atoms with Gasteiger partial charge in [0, 0.05) is 6.92 Å². The number of carbonyl (C=O) groups is 1. The van der Waals surface area contributed by atoms with E-state index in [4.69, 9.17) is 0 Å². The topological polar surface area (TPSA) is 26.3 Å². The Labute approximate surface area is 71.9 Å². The van der Waals surface area contributed by atoms with Crippen LogP contribution < -0.4 is 35.8 Å². The van der Waals surface area contributed by atoms with Gasteiger partial charge in [-0.05, 0) is 6.92 Å². The van der Waals surface area contributed by atoms with Crippen LogP contribution in [0.15, 0.2) is 0 Å². The van der Waals surface area contributed by atoms with Crippen LogP contribution in [0.1, 0.15) is 13.8 Å². The summed E-state index contributed by atoms with van der Waals surface area (Å²) >= 11 is 0. The van der Waals surface area contributed by atoms with Gasteiger partial charge in [-0.3, -0.25) is 4.79 Å². The van der Waals surface area contributed by atoms with Crippen molar-refractivity contribution >= 4 is 5.97 Å². The summed E-state index contributed by atoms with van der Waals surface area (Å²) in [6.07, 6.45) is 0. The van der Waals surface area contributed by atoms with Gasteiger partial charge in [-0.25, -0.2) is 0 Å². The zero-order chi connectivity index (χ0) is 4.99. The Balaban J connectivity index is -0.000000125. The molecule has 44 valence electrons. The van der Waals surface area contributed by atoms with Crippen LogP contribution in [-0.2, 0) is 9.53 Å². The van der Waals surface area contributed by atoms with Crippen LogP contribution in [0.4, 0.5) is 0 Å². The van der Waals surface area contributed by atoms with Crippen molar-refractivity contribution in [3.05, 3.63) is 0 Å². The van der Waals surface area contributed by atoms with Gasteiger partial charge in [0.25, 0.3) is 0 Å². The normalized spacial score (nSPS) is 5.75. The van der Waals surface area contributed by atoms with Gasteiger partial charge in [-0.15, -0.1) is 0 Å². The molecule has 8 heavy (non-hydrogen) atoms. The maximum absolute atomic E-state index is 9.82.